The minimum absolute atomic E-state index is 0.153. The zero-order valence-electron chi connectivity index (χ0n) is 14.1. The van der Waals surface area contributed by atoms with E-state index in [-0.39, 0.29) is 17.8 Å². The van der Waals surface area contributed by atoms with Crippen LogP contribution < -0.4 is 15.4 Å². The largest absolute Gasteiger partial charge is 0.573 e. The van der Waals surface area contributed by atoms with Crippen molar-refractivity contribution in [2.24, 2.45) is 0 Å². The van der Waals surface area contributed by atoms with Crippen molar-refractivity contribution in [1.82, 2.24) is 10.6 Å². The van der Waals surface area contributed by atoms with Crippen LogP contribution in [0.3, 0.4) is 0 Å². The number of alkyl halides is 3. The highest BCUT2D eigenvalue weighted by Gasteiger charge is 2.31. The summed E-state index contributed by atoms with van der Waals surface area (Å²) in [6, 6.07) is 14.0. The molecule has 1 aliphatic heterocycles. The van der Waals surface area contributed by atoms with E-state index in [1.54, 1.807) is 0 Å². The number of phenolic OH excluding ortho intramolecular Hbond substituents is 1. The zero-order valence-corrected chi connectivity index (χ0v) is 14.1. The Morgan fingerprint density at radius 1 is 1.15 bits per heavy atom. The molecule has 2 aromatic carbocycles. The van der Waals surface area contributed by atoms with Gasteiger partial charge in [-0.2, -0.15) is 0 Å². The maximum absolute atomic E-state index is 12.2. The maximum Gasteiger partial charge on any atom is 0.573 e. The van der Waals surface area contributed by atoms with Gasteiger partial charge in [0.05, 0.1) is 0 Å². The van der Waals surface area contributed by atoms with Crippen molar-refractivity contribution in [1.29, 1.82) is 0 Å². The number of aromatic hydroxyl groups is 1. The van der Waals surface area contributed by atoms with Crippen molar-refractivity contribution < 1.29 is 23.0 Å². The number of phenols is 1. The van der Waals surface area contributed by atoms with Gasteiger partial charge in [-0.3, -0.25) is 0 Å². The number of nitrogens with one attached hydrogen (secondary N) is 2. The van der Waals surface area contributed by atoms with E-state index in [4.69, 9.17) is 0 Å². The highest BCUT2D eigenvalue weighted by atomic mass is 19.4. The van der Waals surface area contributed by atoms with Crippen molar-refractivity contribution in [2.45, 2.75) is 37.8 Å². The summed E-state index contributed by atoms with van der Waals surface area (Å²) in [7, 11) is 0. The van der Waals surface area contributed by atoms with E-state index in [0.717, 1.165) is 25.5 Å². The molecule has 0 radical (unpaired) electrons. The van der Waals surface area contributed by atoms with Crippen LogP contribution in [0.1, 0.15) is 30.0 Å². The van der Waals surface area contributed by atoms with Crippen molar-refractivity contribution in [3.8, 4) is 11.5 Å². The van der Waals surface area contributed by atoms with Gasteiger partial charge in [-0.1, -0.05) is 36.4 Å². The Morgan fingerprint density at radius 3 is 2.62 bits per heavy atom. The van der Waals surface area contributed by atoms with E-state index in [1.807, 2.05) is 18.2 Å². The quantitative estimate of drug-likeness (QED) is 0.752. The summed E-state index contributed by atoms with van der Waals surface area (Å²) in [6.07, 6.45) is -2.77. The normalized spacial score (nSPS) is 20.7. The second-order valence-electron chi connectivity index (χ2n) is 6.31. The van der Waals surface area contributed by atoms with E-state index < -0.39 is 12.1 Å². The fourth-order valence-electron chi connectivity index (χ4n) is 3.25. The molecule has 0 bridgehead atoms. The Morgan fingerprint density at radius 2 is 1.92 bits per heavy atom. The third kappa shape index (κ3) is 4.89. The second-order valence-corrected chi connectivity index (χ2v) is 6.31. The lowest BCUT2D eigenvalue weighted by Crippen LogP contribution is -2.45. The molecule has 26 heavy (non-hydrogen) atoms. The lowest BCUT2D eigenvalue weighted by atomic mass is 9.92. The Balaban J connectivity index is 1.65. The van der Waals surface area contributed by atoms with E-state index in [9.17, 15) is 18.3 Å². The monoisotopic (exact) mass is 366 g/mol. The van der Waals surface area contributed by atoms with E-state index >= 15 is 0 Å². The summed E-state index contributed by atoms with van der Waals surface area (Å²) in [5.74, 6) is -0.653. The standard InChI is InChI=1S/C19H21F3N2O2/c20-19(21,22)26-15-9-8-14(17(25)11-15)12-24-16-7-4-10-23-18(16)13-5-2-1-3-6-13/h1-3,5-6,8-9,11,16,18,23-25H,4,7,10,12H2/t16-,18-/m0/s1. The van der Waals surface area contributed by atoms with E-state index in [2.05, 4.69) is 27.5 Å². The molecular formula is C19H21F3N2O2. The third-order valence-corrected chi connectivity index (χ3v) is 4.46. The van der Waals surface area contributed by atoms with Crippen LogP contribution in [0.2, 0.25) is 0 Å². The van der Waals surface area contributed by atoms with Gasteiger partial charge in [0.25, 0.3) is 0 Å². The molecule has 2 aromatic rings. The maximum atomic E-state index is 12.2. The van der Waals surface area contributed by atoms with Crippen molar-refractivity contribution in [3.63, 3.8) is 0 Å². The summed E-state index contributed by atoms with van der Waals surface area (Å²) in [6.45, 7) is 1.29. The minimum atomic E-state index is -4.77. The number of hydrogen-bond donors (Lipinski definition) is 3. The van der Waals surface area contributed by atoms with E-state index in [1.165, 1.54) is 17.7 Å². The van der Waals surface area contributed by atoms with Crippen LogP contribution in [0.5, 0.6) is 11.5 Å². The highest BCUT2D eigenvalue weighted by molar-refractivity contribution is 5.39. The van der Waals surface area contributed by atoms with Gasteiger partial charge in [-0.15, -0.1) is 13.2 Å². The molecule has 0 saturated carbocycles. The van der Waals surface area contributed by atoms with Gasteiger partial charge in [-0.25, -0.2) is 0 Å². The topological polar surface area (TPSA) is 53.5 Å². The summed E-state index contributed by atoms with van der Waals surface area (Å²) < 4.78 is 40.6. The fourth-order valence-corrected chi connectivity index (χ4v) is 3.25. The predicted octanol–water partition coefficient (Wildman–Crippen LogP) is 3.87. The molecule has 3 N–H and O–H groups in total. The highest BCUT2D eigenvalue weighted by Crippen LogP contribution is 2.29. The molecule has 3 rings (SSSR count). The van der Waals surface area contributed by atoms with Gasteiger partial charge in [0.1, 0.15) is 11.5 Å². The fraction of sp³-hybridized carbons (Fsp3) is 0.368. The summed E-state index contributed by atoms with van der Waals surface area (Å²) >= 11 is 0. The van der Waals surface area contributed by atoms with Gasteiger partial charge in [-0.05, 0) is 31.0 Å². The first-order valence-electron chi connectivity index (χ1n) is 8.52. The number of rotatable bonds is 5. The number of benzene rings is 2. The molecule has 140 valence electrons. The molecule has 1 heterocycles. The molecule has 7 heteroatoms. The van der Waals surface area contributed by atoms with Crippen LogP contribution in [0.4, 0.5) is 13.2 Å². The summed E-state index contributed by atoms with van der Waals surface area (Å²) in [4.78, 5) is 0. The number of halogens is 3. The van der Waals surface area contributed by atoms with Gasteiger partial charge in [0.15, 0.2) is 0 Å². The molecule has 1 aliphatic rings. The first-order valence-corrected chi connectivity index (χ1v) is 8.52. The Labute approximate surface area is 150 Å². The van der Waals surface area contributed by atoms with Crippen LogP contribution in [-0.4, -0.2) is 24.1 Å². The molecule has 4 nitrogen and oxygen atoms in total. The van der Waals surface area contributed by atoms with Crippen LogP contribution in [0.25, 0.3) is 0 Å². The molecule has 2 atom stereocenters. The zero-order chi connectivity index (χ0) is 18.6. The van der Waals surface area contributed by atoms with Crippen LogP contribution >= 0.6 is 0 Å². The molecule has 0 amide bonds. The minimum Gasteiger partial charge on any atom is -0.507 e. The van der Waals surface area contributed by atoms with Crippen LogP contribution in [-0.2, 0) is 6.54 Å². The SMILES string of the molecule is Oc1cc(OC(F)(F)F)ccc1CN[C@H]1CCCN[C@H]1c1ccccc1. The molecule has 0 spiro atoms. The van der Waals surface area contributed by atoms with Crippen LogP contribution in [0.15, 0.2) is 48.5 Å². The summed E-state index contributed by atoms with van der Waals surface area (Å²) in [5, 5.41) is 16.9. The first kappa shape index (κ1) is 18.5. The average molecular weight is 366 g/mol. The van der Waals surface area contributed by atoms with Gasteiger partial charge < -0.3 is 20.5 Å². The van der Waals surface area contributed by atoms with Gasteiger partial charge >= 0.3 is 6.36 Å². The molecule has 1 fully saturated rings. The Hall–Kier alpha value is -2.25. The molecular weight excluding hydrogens is 345 g/mol. The Bertz CT molecular complexity index is 722. The third-order valence-electron chi connectivity index (χ3n) is 4.46. The van der Waals surface area contributed by atoms with E-state index in [0.29, 0.717) is 12.1 Å². The first-order chi connectivity index (χ1) is 12.4. The lowest BCUT2D eigenvalue weighted by Gasteiger charge is -2.34. The molecule has 0 aromatic heterocycles. The molecule has 0 unspecified atom stereocenters. The second kappa shape index (κ2) is 7.97. The van der Waals surface area contributed by atoms with Gasteiger partial charge in [0.2, 0.25) is 0 Å². The van der Waals surface area contributed by atoms with Crippen molar-refractivity contribution in [2.75, 3.05) is 6.54 Å². The lowest BCUT2D eigenvalue weighted by molar-refractivity contribution is -0.274. The van der Waals surface area contributed by atoms with Crippen molar-refractivity contribution >= 4 is 0 Å². The molecule has 0 aliphatic carbocycles. The van der Waals surface area contributed by atoms with Gasteiger partial charge in [0, 0.05) is 30.3 Å². The smallest absolute Gasteiger partial charge is 0.507 e. The Kier molecular flexibility index (Phi) is 5.68. The number of ether oxygens (including phenoxy) is 1. The number of piperidine rings is 1. The summed E-state index contributed by atoms with van der Waals surface area (Å²) in [5.41, 5.74) is 1.71. The van der Waals surface area contributed by atoms with Crippen LogP contribution in [0, 0.1) is 0 Å². The van der Waals surface area contributed by atoms with Crippen molar-refractivity contribution in [3.05, 3.63) is 59.7 Å². The average Bonchev–Trinajstić information content (AvgIpc) is 2.61. The predicted molar refractivity (Wildman–Crippen MR) is 91.8 cm³/mol. The molecule has 1 saturated heterocycles. The number of hydrogen-bond acceptors (Lipinski definition) is 4.